The summed E-state index contributed by atoms with van der Waals surface area (Å²) in [6.45, 7) is -0.935. The maximum absolute atomic E-state index is 12.9. The van der Waals surface area contributed by atoms with Crippen LogP contribution >= 0.6 is 0 Å². The van der Waals surface area contributed by atoms with E-state index >= 15 is 0 Å². The van der Waals surface area contributed by atoms with E-state index in [9.17, 15) is 18.0 Å². The van der Waals surface area contributed by atoms with Crippen LogP contribution in [0.15, 0.2) is 0 Å². The molecule has 5 rings (SSSR count). The lowest BCUT2D eigenvalue weighted by atomic mass is 9.49. The number of hydrogen-bond donors (Lipinski definition) is 1. The fourth-order valence-corrected chi connectivity index (χ4v) is 6.28. The Bertz CT molecular complexity index is 476. The lowest BCUT2D eigenvalue weighted by molar-refractivity contribution is -0.178. The minimum atomic E-state index is -4.16. The molecule has 25 heavy (non-hydrogen) atoms. The Morgan fingerprint density at radius 2 is 1.48 bits per heavy atom. The number of rotatable bonds is 4. The Kier molecular flexibility index (Phi) is 4.53. The van der Waals surface area contributed by atoms with Crippen molar-refractivity contribution < 1.29 is 22.7 Å². The number of carbonyl (C=O) groups excluding carboxylic acids is 1. The van der Waals surface area contributed by atoms with E-state index in [1.807, 2.05) is 0 Å². The normalized spacial score (nSPS) is 43.2. The summed E-state index contributed by atoms with van der Waals surface area (Å²) in [5.74, 6) is 2.13. The molecule has 5 aliphatic carbocycles. The number of hydrogen-bond acceptors (Lipinski definition) is 3. The van der Waals surface area contributed by atoms with E-state index < -0.39 is 12.7 Å². The molecule has 0 aliphatic heterocycles. The predicted molar refractivity (Wildman–Crippen MR) is 86.8 cm³/mol. The summed E-state index contributed by atoms with van der Waals surface area (Å²) < 4.78 is 42.7. The SMILES string of the molecule is O=C(OC1CCC(NCC(F)(F)F)CC1)C12CC3CC(CC(C3)C1)C2. The van der Waals surface area contributed by atoms with Gasteiger partial charge in [0.05, 0.1) is 12.0 Å². The van der Waals surface area contributed by atoms with Crippen molar-refractivity contribution >= 4 is 5.97 Å². The molecule has 5 aliphatic rings. The predicted octanol–water partition coefficient (Wildman–Crippen LogP) is 4.21. The van der Waals surface area contributed by atoms with Crippen molar-refractivity contribution in [3.63, 3.8) is 0 Å². The Morgan fingerprint density at radius 3 is 1.96 bits per heavy atom. The monoisotopic (exact) mass is 359 g/mol. The van der Waals surface area contributed by atoms with Gasteiger partial charge in [-0.1, -0.05) is 0 Å². The van der Waals surface area contributed by atoms with Crippen LogP contribution in [0, 0.1) is 23.2 Å². The first kappa shape index (κ1) is 17.6. The third kappa shape index (κ3) is 3.83. The molecule has 142 valence electrons. The van der Waals surface area contributed by atoms with Gasteiger partial charge in [-0.25, -0.2) is 0 Å². The number of halogens is 3. The summed E-state index contributed by atoms with van der Waals surface area (Å²) in [4.78, 5) is 12.9. The Labute approximate surface area is 147 Å². The lowest BCUT2D eigenvalue weighted by Crippen LogP contribution is -2.51. The molecule has 6 heteroatoms. The molecule has 5 fully saturated rings. The first-order valence-electron chi connectivity index (χ1n) is 9.82. The van der Waals surface area contributed by atoms with Gasteiger partial charge in [-0.15, -0.1) is 0 Å². The third-order valence-corrected chi connectivity index (χ3v) is 7.01. The van der Waals surface area contributed by atoms with E-state index in [4.69, 9.17) is 4.74 Å². The van der Waals surface area contributed by atoms with Gasteiger partial charge in [-0.3, -0.25) is 4.79 Å². The summed E-state index contributed by atoms with van der Waals surface area (Å²) in [7, 11) is 0. The topological polar surface area (TPSA) is 38.3 Å². The number of ether oxygens (including phenoxy) is 1. The zero-order valence-corrected chi connectivity index (χ0v) is 14.6. The molecule has 0 aromatic rings. The van der Waals surface area contributed by atoms with E-state index in [0.29, 0.717) is 43.4 Å². The summed E-state index contributed by atoms with van der Waals surface area (Å²) in [5, 5.41) is 2.58. The standard InChI is InChI=1S/C19H28F3NO2/c20-19(21,22)11-23-15-1-3-16(4-2-15)25-17(24)18-8-12-5-13(9-18)7-14(6-12)10-18/h12-16,23H,1-11H2. The van der Waals surface area contributed by atoms with Crippen molar-refractivity contribution in [2.24, 2.45) is 23.2 Å². The van der Waals surface area contributed by atoms with E-state index in [1.54, 1.807) is 0 Å². The van der Waals surface area contributed by atoms with Crippen LogP contribution in [0.25, 0.3) is 0 Å². The van der Waals surface area contributed by atoms with E-state index in [1.165, 1.54) is 19.3 Å². The second-order valence-corrected chi connectivity index (χ2v) is 9.07. The zero-order valence-electron chi connectivity index (χ0n) is 14.6. The molecule has 5 saturated carbocycles. The van der Waals surface area contributed by atoms with Crippen LogP contribution in [0.5, 0.6) is 0 Å². The number of nitrogens with one attached hydrogen (secondary N) is 1. The highest BCUT2D eigenvalue weighted by Crippen LogP contribution is 2.60. The molecular formula is C19H28F3NO2. The number of esters is 1. The Hall–Kier alpha value is -0.780. The van der Waals surface area contributed by atoms with Crippen LogP contribution in [0.1, 0.15) is 64.2 Å². The summed E-state index contributed by atoms with van der Waals surface area (Å²) in [5.41, 5.74) is -0.236. The summed E-state index contributed by atoms with van der Waals surface area (Å²) in [6, 6.07) is -0.115. The second kappa shape index (κ2) is 6.43. The van der Waals surface area contributed by atoms with Crippen molar-refractivity contribution in [3.8, 4) is 0 Å². The largest absolute Gasteiger partial charge is 0.462 e. The molecule has 3 nitrogen and oxygen atoms in total. The van der Waals surface area contributed by atoms with Crippen molar-refractivity contribution in [2.75, 3.05) is 6.54 Å². The van der Waals surface area contributed by atoms with E-state index in [2.05, 4.69) is 5.32 Å². The molecule has 0 aromatic carbocycles. The Morgan fingerprint density at radius 1 is 0.960 bits per heavy atom. The highest BCUT2D eigenvalue weighted by atomic mass is 19.4. The molecule has 0 spiro atoms. The maximum atomic E-state index is 12.9. The van der Waals surface area contributed by atoms with Gasteiger partial charge < -0.3 is 10.1 Å². The maximum Gasteiger partial charge on any atom is 0.401 e. The van der Waals surface area contributed by atoms with Gasteiger partial charge in [-0.05, 0) is 82.0 Å². The first-order valence-corrected chi connectivity index (χ1v) is 9.82. The van der Waals surface area contributed by atoms with Gasteiger partial charge >= 0.3 is 12.1 Å². The van der Waals surface area contributed by atoms with E-state index in [0.717, 1.165) is 19.3 Å². The molecule has 0 amide bonds. The van der Waals surface area contributed by atoms with Crippen molar-refractivity contribution in [3.05, 3.63) is 0 Å². The number of alkyl halides is 3. The minimum absolute atomic E-state index is 0.00157. The molecule has 0 unspecified atom stereocenters. The van der Waals surface area contributed by atoms with Gasteiger partial charge in [-0.2, -0.15) is 13.2 Å². The lowest BCUT2D eigenvalue weighted by Gasteiger charge is -2.55. The summed E-state index contributed by atoms with van der Waals surface area (Å²) >= 11 is 0. The van der Waals surface area contributed by atoms with Crippen LogP contribution < -0.4 is 5.32 Å². The third-order valence-electron chi connectivity index (χ3n) is 7.01. The van der Waals surface area contributed by atoms with Crippen LogP contribution in [0.2, 0.25) is 0 Å². The van der Waals surface area contributed by atoms with Gasteiger partial charge in [0.2, 0.25) is 0 Å². The van der Waals surface area contributed by atoms with Crippen LogP contribution in [0.3, 0.4) is 0 Å². The van der Waals surface area contributed by atoms with E-state index in [-0.39, 0.29) is 23.5 Å². The molecule has 0 radical (unpaired) electrons. The van der Waals surface area contributed by atoms with Crippen molar-refractivity contribution in [1.82, 2.24) is 5.32 Å². The first-order chi connectivity index (χ1) is 11.8. The van der Waals surface area contributed by atoms with Gasteiger partial charge in [0.15, 0.2) is 0 Å². The highest BCUT2D eigenvalue weighted by Gasteiger charge is 2.55. The fourth-order valence-electron chi connectivity index (χ4n) is 6.28. The fraction of sp³-hybridized carbons (Fsp3) is 0.947. The quantitative estimate of drug-likeness (QED) is 0.764. The average Bonchev–Trinajstić information content (AvgIpc) is 2.52. The van der Waals surface area contributed by atoms with Crippen molar-refractivity contribution in [2.45, 2.75) is 82.5 Å². The molecule has 1 N–H and O–H groups in total. The number of carbonyl (C=O) groups is 1. The zero-order chi connectivity index (χ0) is 17.7. The molecule has 4 bridgehead atoms. The molecule has 0 saturated heterocycles. The summed E-state index contributed by atoms with van der Waals surface area (Å²) in [6.07, 6.45) is 5.26. The Balaban J connectivity index is 1.27. The smallest absolute Gasteiger partial charge is 0.401 e. The van der Waals surface area contributed by atoms with Gasteiger partial charge in [0.1, 0.15) is 6.10 Å². The van der Waals surface area contributed by atoms with Gasteiger partial charge in [0.25, 0.3) is 0 Å². The van der Waals surface area contributed by atoms with Gasteiger partial charge in [0, 0.05) is 6.04 Å². The highest BCUT2D eigenvalue weighted by molar-refractivity contribution is 5.77. The average molecular weight is 359 g/mol. The van der Waals surface area contributed by atoms with Crippen LogP contribution in [0.4, 0.5) is 13.2 Å². The van der Waals surface area contributed by atoms with Crippen molar-refractivity contribution in [1.29, 1.82) is 0 Å². The van der Waals surface area contributed by atoms with Crippen LogP contribution in [-0.4, -0.2) is 30.8 Å². The molecular weight excluding hydrogens is 331 g/mol. The second-order valence-electron chi connectivity index (χ2n) is 9.07. The van der Waals surface area contributed by atoms with Crippen LogP contribution in [-0.2, 0) is 9.53 Å². The molecule has 0 atom stereocenters. The molecule has 0 aromatic heterocycles. The minimum Gasteiger partial charge on any atom is -0.462 e. The molecule has 0 heterocycles.